The van der Waals surface area contributed by atoms with Gasteiger partial charge in [-0.05, 0) is 6.07 Å². The second-order valence-corrected chi connectivity index (χ2v) is 3.05. The predicted octanol–water partition coefficient (Wildman–Crippen LogP) is 2.01. The van der Waals surface area contributed by atoms with E-state index in [1.54, 1.807) is 0 Å². The summed E-state index contributed by atoms with van der Waals surface area (Å²) in [5, 5.41) is 18.3. The molecule has 0 heterocycles. The number of nitro groups is 1. The number of hydrogen-bond acceptors (Lipinski definition) is 4. The van der Waals surface area contributed by atoms with Crippen molar-refractivity contribution in [2.45, 2.75) is 6.36 Å². The van der Waals surface area contributed by atoms with Gasteiger partial charge in [0.2, 0.25) is 0 Å². The molecule has 16 heavy (non-hydrogen) atoms. The summed E-state index contributed by atoms with van der Waals surface area (Å²) in [5.41, 5.74) is -0.303. The Hall–Kier alpha value is -1.89. The molecule has 8 heteroatoms. The van der Waals surface area contributed by atoms with E-state index in [1.807, 2.05) is 0 Å². The fourth-order valence-corrected chi connectivity index (χ4v) is 1.08. The molecular weight excluding hydrogens is 245 g/mol. The van der Waals surface area contributed by atoms with Gasteiger partial charge >= 0.3 is 12.3 Å². The fourth-order valence-electron chi connectivity index (χ4n) is 0.861. The van der Waals surface area contributed by atoms with Crippen molar-refractivity contribution in [3.63, 3.8) is 0 Å². The van der Waals surface area contributed by atoms with Crippen LogP contribution in [0.2, 0.25) is 5.02 Å². The molecule has 0 aliphatic carbocycles. The molecule has 0 spiro atoms. The molecule has 0 aliphatic heterocycles. The van der Waals surface area contributed by atoms with Crippen molar-refractivity contribution in [3.05, 3.63) is 33.3 Å². The average Bonchev–Trinajstić information content (AvgIpc) is 2.20. The highest BCUT2D eigenvalue weighted by molar-refractivity contribution is 6.32. The Labute approximate surface area is 93.4 Å². The Balaban J connectivity index is 2.91. The molecule has 0 saturated carbocycles. The second-order valence-electron chi connectivity index (χ2n) is 2.64. The number of ether oxygens (including phenoxy) is 1. The maximum absolute atomic E-state index is 12.6. The third kappa shape index (κ3) is 2.80. The van der Waals surface area contributed by atoms with Crippen molar-refractivity contribution in [1.29, 1.82) is 0 Å². The monoisotopic (exact) mass is 249 g/mol. The number of rotatable bonds is 4. The second kappa shape index (κ2) is 4.75. The van der Waals surface area contributed by atoms with Crippen LogP contribution in [0.4, 0.5) is 10.1 Å². The number of carbonyl (C=O) groups is 1. The number of carboxylic acids is 1. The average molecular weight is 250 g/mol. The molecule has 0 radical (unpaired) electrons. The molecule has 1 aromatic rings. The van der Waals surface area contributed by atoms with Gasteiger partial charge in [-0.15, -0.1) is 0 Å². The Bertz CT molecular complexity index is 438. The van der Waals surface area contributed by atoms with Crippen molar-refractivity contribution in [1.82, 2.24) is 0 Å². The molecule has 1 atom stereocenters. The van der Waals surface area contributed by atoms with Crippen LogP contribution in [0.1, 0.15) is 0 Å². The van der Waals surface area contributed by atoms with E-state index in [9.17, 15) is 19.3 Å². The highest BCUT2D eigenvalue weighted by atomic mass is 35.5. The van der Waals surface area contributed by atoms with Crippen LogP contribution in [0.25, 0.3) is 0 Å². The maximum Gasteiger partial charge on any atom is 0.378 e. The smallest absolute Gasteiger partial charge is 0.378 e. The standard InChI is InChI=1S/C8H5ClFNO5/c9-5-3-4(11(14)15)1-2-6(5)16-7(10)8(12)13/h1-3,7H,(H,12,13). The summed E-state index contributed by atoms with van der Waals surface area (Å²) in [7, 11) is 0. The number of hydrogen-bond donors (Lipinski definition) is 1. The van der Waals surface area contributed by atoms with Crippen LogP contribution in [0, 0.1) is 10.1 Å². The van der Waals surface area contributed by atoms with Gasteiger partial charge < -0.3 is 9.84 Å². The summed E-state index contributed by atoms with van der Waals surface area (Å²) < 4.78 is 17.0. The minimum Gasteiger partial charge on any atom is -0.476 e. The first-order valence-electron chi connectivity index (χ1n) is 3.89. The molecule has 1 unspecified atom stereocenters. The predicted molar refractivity (Wildman–Crippen MR) is 51.3 cm³/mol. The highest BCUT2D eigenvalue weighted by Gasteiger charge is 2.19. The van der Waals surface area contributed by atoms with Crippen molar-refractivity contribution in [3.8, 4) is 5.75 Å². The first-order valence-corrected chi connectivity index (χ1v) is 4.27. The highest BCUT2D eigenvalue weighted by Crippen LogP contribution is 2.29. The van der Waals surface area contributed by atoms with Crippen molar-refractivity contribution < 1.29 is 24.0 Å². The van der Waals surface area contributed by atoms with Crippen LogP contribution in [-0.2, 0) is 4.79 Å². The molecule has 0 aliphatic rings. The van der Waals surface area contributed by atoms with Gasteiger partial charge in [-0.2, -0.15) is 4.39 Å². The lowest BCUT2D eigenvalue weighted by Crippen LogP contribution is -2.21. The maximum atomic E-state index is 12.6. The van der Waals surface area contributed by atoms with Crippen molar-refractivity contribution in [2.75, 3.05) is 0 Å². The van der Waals surface area contributed by atoms with E-state index in [0.717, 1.165) is 18.2 Å². The summed E-state index contributed by atoms with van der Waals surface area (Å²) in [4.78, 5) is 19.8. The van der Waals surface area contributed by atoms with E-state index in [1.165, 1.54) is 0 Å². The molecule has 0 fully saturated rings. The van der Waals surface area contributed by atoms with E-state index in [0.29, 0.717) is 0 Å². The van der Waals surface area contributed by atoms with E-state index >= 15 is 0 Å². The lowest BCUT2D eigenvalue weighted by atomic mass is 10.3. The normalized spacial score (nSPS) is 11.9. The fraction of sp³-hybridized carbons (Fsp3) is 0.125. The summed E-state index contributed by atoms with van der Waals surface area (Å²) in [6, 6.07) is 2.98. The van der Waals surface area contributed by atoms with Gasteiger partial charge in [0.25, 0.3) is 5.69 Å². The van der Waals surface area contributed by atoms with Gasteiger partial charge in [-0.25, -0.2) is 4.79 Å². The lowest BCUT2D eigenvalue weighted by Gasteiger charge is -2.08. The first-order chi connectivity index (χ1) is 7.41. The Kier molecular flexibility index (Phi) is 3.62. The minimum atomic E-state index is -2.57. The number of benzene rings is 1. The molecular formula is C8H5ClFNO5. The van der Waals surface area contributed by atoms with Crippen LogP contribution in [0.5, 0.6) is 5.75 Å². The van der Waals surface area contributed by atoms with E-state index in [4.69, 9.17) is 16.7 Å². The molecule has 1 N–H and O–H groups in total. The quantitative estimate of drug-likeness (QED) is 0.651. The first kappa shape index (κ1) is 12.2. The molecule has 6 nitrogen and oxygen atoms in total. The molecule has 86 valence electrons. The van der Waals surface area contributed by atoms with E-state index in [-0.39, 0.29) is 16.5 Å². The number of nitrogens with zero attached hydrogens (tertiary/aromatic N) is 1. The Morgan fingerprint density at radius 1 is 1.62 bits per heavy atom. The third-order valence-corrected chi connectivity index (χ3v) is 1.85. The van der Waals surface area contributed by atoms with Gasteiger partial charge in [0.1, 0.15) is 5.75 Å². The van der Waals surface area contributed by atoms with Crippen LogP contribution >= 0.6 is 11.6 Å². The number of halogens is 2. The molecule has 1 rings (SSSR count). The molecule has 0 amide bonds. The molecule has 0 saturated heterocycles. The van der Waals surface area contributed by atoms with E-state index in [2.05, 4.69) is 4.74 Å². The zero-order chi connectivity index (χ0) is 12.3. The number of non-ortho nitro benzene ring substituents is 1. The largest absolute Gasteiger partial charge is 0.476 e. The van der Waals surface area contributed by atoms with Gasteiger partial charge in [0.05, 0.1) is 9.95 Å². The SMILES string of the molecule is O=C(O)C(F)Oc1ccc([N+](=O)[O-])cc1Cl. The van der Waals surface area contributed by atoms with E-state index < -0.39 is 17.3 Å². The van der Waals surface area contributed by atoms with Crippen LogP contribution in [-0.4, -0.2) is 22.4 Å². The molecule has 0 bridgehead atoms. The summed E-state index contributed by atoms with van der Waals surface area (Å²) in [6.07, 6.45) is -2.57. The Morgan fingerprint density at radius 3 is 2.69 bits per heavy atom. The summed E-state index contributed by atoms with van der Waals surface area (Å²) in [6.45, 7) is 0. The van der Waals surface area contributed by atoms with Gasteiger partial charge in [-0.3, -0.25) is 10.1 Å². The number of alkyl halides is 1. The van der Waals surface area contributed by atoms with Crippen LogP contribution < -0.4 is 4.74 Å². The Morgan fingerprint density at radius 2 is 2.25 bits per heavy atom. The van der Waals surface area contributed by atoms with Crippen molar-refractivity contribution in [2.24, 2.45) is 0 Å². The van der Waals surface area contributed by atoms with Crippen LogP contribution in [0.3, 0.4) is 0 Å². The van der Waals surface area contributed by atoms with Crippen LogP contribution in [0.15, 0.2) is 18.2 Å². The van der Waals surface area contributed by atoms with Gasteiger partial charge in [-0.1, -0.05) is 11.6 Å². The zero-order valence-electron chi connectivity index (χ0n) is 7.59. The summed E-state index contributed by atoms with van der Waals surface area (Å²) >= 11 is 5.53. The van der Waals surface area contributed by atoms with Gasteiger partial charge in [0, 0.05) is 12.1 Å². The molecule has 0 aromatic heterocycles. The van der Waals surface area contributed by atoms with Gasteiger partial charge in [0.15, 0.2) is 0 Å². The molecule has 1 aromatic carbocycles. The van der Waals surface area contributed by atoms with Crippen molar-refractivity contribution >= 4 is 23.3 Å². The third-order valence-electron chi connectivity index (χ3n) is 1.55. The topological polar surface area (TPSA) is 89.7 Å². The summed E-state index contributed by atoms with van der Waals surface area (Å²) in [5.74, 6) is -2.09. The zero-order valence-corrected chi connectivity index (χ0v) is 8.35. The lowest BCUT2D eigenvalue weighted by molar-refractivity contribution is -0.384. The number of nitro benzene ring substituents is 1. The number of aliphatic carboxylic acids is 1. The number of carboxylic acid groups (broad SMARTS) is 1. The minimum absolute atomic E-state index is 0.238.